The van der Waals surface area contributed by atoms with Gasteiger partial charge in [-0.25, -0.2) is 0 Å². The Kier molecular flexibility index (Phi) is 9.80. The van der Waals surface area contributed by atoms with Crippen LogP contribution >= 0.6 is 19.4 Å². The first-order valence-corrected chi connectivity index (χ1v) is 16.3. The molecule has 1 aliphatic heterocycles. The van der Waals surface area contributed by atoms with Gasteiger partial charge in [0.2, 0.25) is 6.67 Å². The molecule has 3 aromatic carbocycles. The van der Waals surface area contributed by atoms with Crippen LogP contribution in [0.3, 0.4) is 0 Å². The topological polar surface area (TPSA) is 15.7 Å². The van der Waals surface area contributed by atoms with Crippen molar-refractivity contribution < 1.29 is 18.3 Å². The molecule has 0 N–H and O–H groups in total. The van der Waals surface area contributed by atoms with Crippen LogP contribution in [0, 0.1) is 20.5 Å². The summed E-state index contributed by atoms with van der Waals surface area (Å²) in [5.74, 6) is 0.850. The monoisotopic (exact) mass is 570 g/mol. The van der Waals surface area contributed by atoms with Crippen molar-refractivity contribution in [1.29, 1.82) is 0 Å². The van der Waals surface area contributed by atoms with Crippen LogP contribution in [0.25, 0.3) is 0 Å². The van der Waals surface area contributed by atoms with Crippen molar-refractivity contribution in [3.63, 3.8) is 0 Å². The standard InChI is InChI=1S/C17H18N2.C10H12O.2ClH.Ru/c1-14-7-3-5-9-16(14)18-11-12-19(13-18)17-10-6-4-8-15(17)2;1-8(2)11-10-7-5-4-6-9(10)3;;;/h3-10H,11-12H2,1-2H3;3-8H,1-2H3;2*1H;/q;;;;+2/p-2. The molecular weight excluding hydrogens is 540 g/mol. The molecular formula is C27H30Cl2N2ORu. The molecule has 0 atom stereocenters. The van der Waals surface area contributed by atoms with E-state index in [0.717, 1.165) is 24.4 Å². The molecule has 0 amide bonds. The fourth-order valence-corrected chi connectivity index (χ4v) is 5.34. The van der Waals surface area contributed by atoms with Crippen molar-refractivity contribution in [2.75, 3.05) is 22.9 Å². The van der Waals surface area contributed by atoms with Gasteiger partial charge in [-0.2, -0.15) is 0 Å². The number of halogens is 2. The van der Waals surface area contributed by atoms with Gasteiger partial charge in [0.1, 0.15) is 0 Å². The Balaban J connectivity index is 0.000000196. The molecule has 3 nitrogen and oxygen atoms in total. The van der Waals surface area contributed by atoms with E-state index in [1.54, 1.807) is 0 Å². The molecule has 3 aromatic rings. The van der Waals surface area contributed by atoms with Gasteiger partial charge in [-0.05, 0) is 37.1 Å². The quantitative estimate of drug-likeness (QED) is 0.303. The number of hydrogen-bond donors (Lipinski definition) is 0. The molecule has 2 radical (unpaired) electrons. The Hall–Kier alpha value is -1.87. The number of ether oxygens (including phenoxy) is 1. The zero-order valence-corrected chi connectivity index (χ0v) is 22.7. The van der Waals surface area contributed by atoms with E-state index in [-0.39, 0.29) is 6.10 Å². The molecule has 0 aliphatic carbocycles. The Morgan fingerprint density at radius 1 is 0.818 bits per heavy atom. The summed E-state index contributed by atoms with van der Waals surface area (Å²) in [6.07, 6.45) is 0.163. The number of aryl methyl sites for hydroxylation is 2. The average molecular weight is 571 g/mol. The summed E-state index contributed by atoms with van der Waals surface area (Å²) in [5, 5.41) is 0. The van der Waals surface area contributed by atoms with Crippen LogP contribution in [0.15, 0.2) is 72.8 Å². The third kappa shape index (κ3) is 7.57. The molecule has 0 aromatic heterocycles. The van der Waals surface area contributed by atoms with Crippen LogP contribution in [0.1, 0.15) is 30.5 Å². The van der Waals surface area contributed by atoms with Crippen molar-refractivity contribution in [3.8, 4) is 5.75 Å². The number of hydrogen-bond acceptors (Lipinski definition) is 3. The van der Waals surface area contributed by atoms with Gasteiger partial charge in [-0.15, -0.1) is 0 Å². The minimum Gasteiger partial charge on any atom is -0.339 e. The van der Waals surface area contributed by atoms with Crippen molar-refractivity contribution in [3.05, 3.63) is 96.2 Å². The van der Waals surface area contributed by atoms with E-state index >= 15 is 0 Å². The first-order valence-electron chi connectivity index (χ1n) is 10.9. The number of rotatable bonds is 5. The second-order valence-corrected chi connectivity index (χ2v) is 13.7. The Bertz CT molecular complexity index is 1030. The third-order valence-electron chi connectivity index (χ3n) is 5.07. The van der Waals surface area contributed by atoms with Gasteiger partial charge in [0, 0.05) is 24.5 Å². The summed E-state index contributed by atoms with van der Waals surface area (Å²) in [5.41, 5.74) is 6.07. The van der Waals surface area contributed by atoms with Crippen molar-refractivity contribution in [2.24, 2.45) is 0 Å². The van der Waals surface area contributed by atoms with Gasteiger partial charge < -0.3 is 9.80 Å². The van der Waals surface area contributed by atoms with Gasteiger partial charge in [0.15, 0.2) is 0 Å². The molecule has 1 aliphatic rings. The Labute approximate surface area is 211 Å². The smallest absolute Gasteiger partial charge is 0.208 e. The molecule has 176 valence electrons. The summed E-state index contributed by atoms with van der Waals surface area (Å²) in [6, 6.07) is 24.7. The van der Waals surface area contributed by atoms with Crippen molar-refractivity contribution in [1.82, 2.24) is 0 Å². The van der Waals surface area contributed by atoms with Crippen LogP contribution in [0.5, 0.6) is 5.75 Å². The van der Waals surface area contributed by atoms with Gasteiger partial charge in [-0.3, -0.25) is 0 Å². The fourth-order valence-electron chi connectivity index (χ4n) is 3.54. The summed E-state index contributed by atoms with van der Waals surface area (Å²) in [4.78, 5) is 4.42. The van der Waals surface area contributed by atoms with Crippen molar-refractivity contribution in [2.45, 2.75) is 33.8 Å². The van der Waals surface area contributed by atoms with E-state index in [4.69, 9.17) is 24.1 Å². The molecule has 1 saturated heterocycles. The molecule has 1 heterocycles. The van der Waals surface area contributed by atoms with Gasteiger partial charge in [0.25, 0.3) is 0 Å². The molecule has 33 heavy (non-hydrogen) atoms. The maximum Gasteiger partial charge on any atom is 0.208 e. The second kappa shape index (κ2) is 12.6. The first kappa shape index (κ1) is 25.8. The summed E-state index contributed by atoms with van der Waals surface area (Å²) >= 11 is -1.77. The molecule has 0 spiro atoms. The number of nitrogens with zero attached hydrogens (tertiary/aromatic N) is 2. The second-order valence-electron chi connectivity index (χ2n) is 7.99. The maximum atomic E-state index is 5.82. The molecule has 0 saturated carbocycles. The first-order chi connectivity index (χ1) is 15.8. The zero-order valence-electron chi connectivity index (χ0n) is 19.4. The number of para-hydroxylation sites is 3. The summed E-state index contributed by atoms with van der Waals surface area (Å²) in [6.45, 7) is 13.7. The van der Waals surface area contributed by atoms with Crippen LogP contribution in [0.2, 0.25) is 0 Å². The molecule has 0 bridgehead atoms. The van der Waals surface area contributed by atoms with Crippen LogP contribution in [0.4, 0.5) is 11.4 Å². The minimum atomic E-state index is -1.77. The fraction of sp³-hybridized carbons (Fsp3) is 0.259. The number of benzene rings is 3. The van der Waals surface area contributed by atoms with Crippen LogP contribution < -0.4 is 14.5 Å². The predicted molar refractivity (Wildman–Crippen MR) is 139 cm³/mol. The molecule has 6 heteroatoms. The van der Waals surface area contributed by atoms with Gasteiger partial charge >= 0.3 is 97.8 Å². The maximum absolute atomic E-state index is 5.82. The van der Waals surface area contributed by atoms with E-state index < -0.39 is 13.5 Å². The average Bonchev–Trinajstić information content (AvgIpc) is 3.25. The van der Waals surface area contributed by atoms with Gasteiger partial charge in [-0.1, -0.05) is 36.4 Å². The Morgan fingerprint density at radius 2 is 1.30 bits per heavy atom. The van der Waals surface area contributed by atoms with E-state index in [0.29, 0.717) is 0 Å². The Morgan fingerprint density at radius 3 is 1.79 bits per heavy atom. The van der Waals surface area contributed by atoms with Crippen LogP contribution in [-0.2, 0) is 13.5 Å². The minimum absolute atomic E-state index is 0.163. The largest absolute Gasteiger partial charge is 0.339 e. The van der Waals surface area contributed by atoms with E-state index in [1.807, 2.05) is 42.7 Å². The normalized spacial score (nSPS) is 13.5. The van der Waals surface area contributed by atoms with Gasteiger partial charge in [0.05, 0.1) is 0 Å². The van der Waals surface area contributed by atoms with Crippen molar-refractivity contribution >= 4 is 35.4 Å². The summed E-state index contributed by atoms with van der Waals surface area (Å²) in [7, 11) is 11.6. The van der Waals surface area contributed by atoms with E-state index in [1.165, 1.54) is 22.5 Å². The number of anilines is 2. The predicted octanol–water partition coefficient (Wildman–Crippen LogP) is 7.18. The molecule has 4 rings (SSSR count). The zero-order chi connectivity index (χ0) is 23.8. The van der Waals surface area contributed by atoms with E-state index in [9.17, 15) is 0 Å². The molecule has 1 fully saturated rings. The summed E-state index contributed by atoms with van der Waals surface area (Å²) < 4.78 is 7.51. The molecule has 0 unspecified atom stereocenters. The SMILES string of the molecule is CC(C)Oc1ccccc1[CH]=[Ru]([Cl])[Cl].Cc1ccccc1N1[C]N(c2ccccc2C)CC1. The van der Waals surface area contributed by atoms with E-state index in [2.05, 4.69) is 78.8 Å². The van der Waals surface area contributed by atoms with Crippen LogP contribution in [-0.4, -0.2) is 23.8 Å². The third-order valence-corrected chi connectivity index (χ3v) is 6.90.